The minimum Gasteiger partial charge on any atom is -0.360 e. The van der Waals surface area contributed by atoms with E-state index in [1.165, 1.54) is 12.1 Å². The van der Waals surface area contributed by atoms with Crippen molar-refractivity contribution in [1.29, 1.82) is 0 Å². The SMILES string of the molecule is Cc1cc([N+](=O)[O-])cc2c(C=O)c[nH]c12. The van der Waals surface area contributed by atoms with Crippen LogP contribution in [0.5, 0.6) is 0 Å². The molecule has 0 saturated carbocycles. The lowest BCUT2D eigenvalue weighted by Crippen LogP contribution is -1.89. The number of aldehydes is 1. The molecule has 1 heterocycles. The summed E-state index contributed by atoms with van der Waals surface area (Å²) in [6, 6.07) is 2.88. The first-order valence-electron chi connectivity index (χ1n) is 4.35. The van der Waals surface area contributed by atoms with E-state index in [4.69, 9.17) is 0 Å². The molecule has 1 aromatic carbocycles. The van der Waals surface area contributed by atoms with Gasteiger partial charge in [0, 0.05) is 34.8 Å². The van der Waals surface area contributed by atoms with Crippen molar-refractivity contribution in [2.24, 2.45) is 0 Å². The number of aromatic amines is 1. The van der Waals surface area contributed by atoms with Crippen molar-refractivity contribution in [2.45, 2.75) is 6.92 Å². The number of nitrogens with one attached hydrogen (secondary N) is 1. The van der Waals surface area contributed by atoms with E-state index in [1.807, 2.05) is 0 Å². The van der Waals surface area contributed by atoms with E-state index in [9.17, 15) is 14.9 Å². The number of H-pyrrole nitrogens is 1. The summed E-state index contributed by atoms with van der Waals surface area (Å²) in [5.41, 5.74) is 1.97. The van der Waals surface area contributed by atoms with Crippen LogP contribution in [-0.4, -0.2) is 16.2 Å². The molecule has 0 aliphatic heterocycles. The molecule has 5 heteroatoms. The van der Waals surface area contributed by atoms with E-state index >= 15 is 0 Å². The van der Waals surface area contributed by atoms with Crippen LogP contribution < -0.4 is 0 Å². The van der Waals surface area contributed by atoms with E-state index in [2.05, 4.69) is 4.98 Å². The second kappa shape index (κ2) is 3.20. The summed E-state index contributed by atoms with van der Waals surface area (Å²) in [5.74, 6) is 0. The summed E-state index contributed by atoms with van der Waals surface area (Å²) in [6.45, 7) is 1.76. The number of aryl methyl sites for hydroxylation is 1. The molecule has 0 aliphatic carbocycles. The standard InChI is InChI=1S/C10H8N2O3/c1-6-2-8(12(14)15)3-9-7(5-13)4-11-10(6)9/h2-5,11H,1H3. The topological polar surface area (TPSA) is 76.0 Å². The minimum atomic E-state index is -0.464. The number of hydrogen-bond donors (Lipinski definition) is 1. The largest absolute Gasteiger partial charge is 0.360 e. The van der Waals surface area contributed by atoms with Crippen LogP contribution in [0.2, 0.25) is 0 Å². The second-order valence-corrected chi connectivity index (χ2v) is 3.30. The van der Waals surface area contributed by atoms with Gasteiger partial charge in [0.05, 0.1) is 4.92 Å². The third kappa shape index (κ3) is 1.38. The van der Waals surface area contributed by atoms with Crippen LogP contribution in [-0.2, 0) is 0 Å². The average molecular weight is 204 g/mol. The van der Waals surface area contributed by atoms with E-state index < -0.39 is 4.92 Å². The van der Waals surface area contributed by atoms with E-state index in [1.54, 1.807) is 13.1 Å². The van der Waals surface area contributed by atoms with E-state index in [0.29, 0.717) is 17.2 Å². The third-order valence-corrected chi connectivity index (χ3v) is 2.34. The average Bonchev–Trinajstić information content (AvgIpc) is 2.60. The van der Waals surface area contributed by atoms with Gasteiger partial charge in [-0.1, -0.05) is 0 Å². The molecule has 2 rings (SSSR count). The van der Waals surface area contributed by atoms with Gasteiger partial charge in [-0.15, -0.1) is 0 Å². The number of non-ortho nitro benzene ring substituents is 1. The number of nitro groups is 1. The molecule has 76 valence electrons. The molecule has 0 bridgehead atoms. The number of carbonyl (C=O) groups is 1. The number of nitrogens with zero attached hydrogens (tertiary/aromatic N) is 1. The highest BCUT2D eigenvalue weighted by Gasteiger charge is 2.12. The first-order chi connectivity index (χ1) is 7.13. The molecule has 15 heavy (non-hydrogen) atoms. The van der Waals surface area contributed by atoms with Gasteiger partial charge in [-0.3, -0.25) is 14.9 Å². The summed E-state index contributed by atoms with van der Waals surface area (Å²) in [5, 5.41) is 11.2. The zero-order valence-corrected chi connectivity index (χ0v) is 7.98. The molecule has 0 unspecified atom stereocenters. The summed E-state index contributed by atoms with van der Waals surface area (Å²) in [6.07, 6.45) is 2.23. The molecule has 1 N–H and O–H groups in total. The van der Waals surface area contributed by atoms with Crippen molar-refractivity contribution in [2.75, 3.05) is 0 Å². The molecule has 0 amide bonds. The van der Waals surface area contributed by atoms with Crippen molar-refractivity contribution < 1.29 is 9.72 Å². The number of nitro benzene ring substituents is 1. The van der Waals surface area contributed by atoms with Crippen LogP contribution >= 0.6 is 0 Å². The number of hydrogen-bond acceptors (Lipinski definition) is 3. The number of aromatic nitrogens is 1. The van der Waals surface area contributed by atoms with Crippen molar-refractivity contribution in [3.8, 4) is 0 Å². The maximum Gasteiger partial charge on any atom is 0.270 e. The van der Waals surface area contributed by atoms with Crippen molar-refractivity contribution in [1.82, 2.24) is 4.98 Å². The van der Waals surface area contributed by atoms with Crippen LogP contribution in [0.3, 0.4) is 0 Å². The molecule has 1 aromatic heterocycles. The molecule has 5 nitrogen and oxygen atoms in total. The van der Waals surface area contributed by atoms with Gasteiger partial charge in [-0.05, 0) is 12.5 Å². The van der Waals surface area contributed by atoms with Crippen LogP contribution in [0, 0.1) is 17.0 Å². The Morgan fingerprint density at radius 2 is 2.20 bits per heavy atom. The third-order valence-electron chi connectivity index (χ3n) is 2.34. The smallest absolute Gasteiger partial charge is 0.270 e. The van der Waals surface area contributed by atoms with Gasteiger partial charge < -0.3 is 4.98 Å². The van der Waals surface area contributed by atoms with Gasteiger partial charge in [0.15, 0.2) is 6.29 Å². The molecule has 0 atom stereocenters. The Labute approximate surface area is 84.9 Å². The quantitative estimate of drug-likeness (QED) is 0.462. The predicted octanol–water partition coefficient (Wildman–Crippen LogP) is 2.20. The first-order valence-corrected chi connectivity index (χ1v) is 4.35. The van der Waals surface area contributed by atoms with Crippen LogP contribution in [0.1, 0.15) is 15.9 Å². The van der Waals surface area contributed by atoms with E-state index in [0.717, 1.165) is 11.1 Å². The summed E-state index contributed by atoms with van der Waals surface area (Å²) < 4.78 is 0. The number of fused-ring (bicyclic) bond motifs is 1. The Morgan fingerprint density at radius 3 is 2.80 bits per heavy atom. The Balaban J connectivity index is 2.82. The molecule has 2 aromatic rings. The Hall–Kier alpha value is -2.17. The fourth-order valence-corrected chi connectivity index (χ4v) is 1.62. The summed E-state index contributed by atoms with van der Waals surface area (Å²) in [7, 11) is 0. The van der Waals surface area contributed by atoms with Crippen LogP contribution in [0.25, 0.3) is 10.9 Å². The highest BCUT2D eigenvalue weighted by molar-refractivity contribution is 5.99. The lowest BCUT2D eigenvalue weighted by atomic mass is 10.1. The van der Waals surface area contributed by atoms with Gasteiger partial charge in [0.25, 0.3) is 5.69 Å². The zero-order chi connectivity index (χ0) is 11.0. The molecule has 0 saturated heterocycles. The predicted molar refractivity (Wildman–Crippen MR) is 55.1 cm³/mol. The lowest BCUT2D eigenvalue weighted by molar-refractivity contribution is -0.384. The van der Waals surface area contributed by atoms with Crippen LogP contribution in [0.15, 0.2) is 18.3 Å². The Kier molecular flexibility index (Phi) is 2.00. The maximum absolute atomic E-state index is 10.7. The minimum absolute atomic E-state index is 0.00250. The highest BCUT2D eigenvalue weighted by Crippen LogP contribution is 2.26. The van der Waals surface area contributed by atoms with Gasteiger partial charge in [-0.25, -0.2) is 0 Å². The number of rotatable bonds is 2. The molecular formula is C10H8N2O3. The Bertz CT molecular complexity index is 557. The van der Waals surface area contributed by atoms with Gasteiger partial charge >= 0.3 is 0 Å². The van der Waals surface area contributed by atoms with Crippen molar-refractivity contribution in [3.63, 3.8) is 0 Å². The van der Waals surface area contributed by atoms with Crippen molar-refractivity contribution >= 4 is 22.9 Å². The van der Waals surface area contributed by atoms with Gasteiger partial charge in [0.1, 0.15) is 0 Å². The second-order valence-electron chi connectivity index (χ2n) is 3.30. The number of carbonyl (C=O) groups excluding carboxylic acids is 1. The highest BCUT2D eigenvalue weighted by atomic mass is 16.6. The summed E-state index contributed by atoms with van der Waals surface area (Å²) >= 11 is 0. The zero-order valence-electron chi connectivity index (χ0n) is 7.98. The first kappa shape index (κ1) is 9.39. The Morgan fingerprint density at radius 1 is 1.47 bits per heavy atom. The van der Waals surface area contributed by atoms with Gasteiger partial charge in [-0.2, -0.15) is 0 Å². The number of benzene rings is 1. The fraction of sp³-hybridized carbons (Fsp3) is 0.100. The normalized spacial score (nSPS) is 10.5. The molecule has 0 aliphatic rings. The molecule has 0 fully saturated rings. The van der Waals surface area contributed by atoms with E-state index in [-0.39, 0.29) is 5.69 Å². The maximum atomic E-state index is 10.7. The van der Waals surface area contributed by atoms with Gasteiger partial charge in [0.2, 0.25) is 0 Å². The fourth-order valence-electron chi connectivity index (χ4n) is 1.62. The monoisotopic (exact) mass is 204 g/mol. The van der Waals surface area contributed by atoms with Crippen molar-refractivity contribution in [3.05, 3.63) is 39.6 Å². The lowest BCUT2D eigenvalue weighted by Gasteiger charge is -1.97. The molecule has 0 radical (unpaired) electrons. The molecular weight excluding hydrogens is 196 g/mol. The van der Waals surface area contributed by atoms with Crippen LogP contribution in [0.4, 0.5) is 5.69 Å². The summed E-state index contributed by atoms with van der Waals surface area (Å²) in [4.78, 5) is 23.8. The molecule has 0 spiro atoms.